The zero-order valence-electron chi connectivity index (χ0n) is 53.7. The second-order valence-electron chi connectivity index (χ2n) is 26.1. The van der Waals surface area contributed by atoms with E-state index in [0.717, 1.165) is 134 Å². The number of fused-ring (bicyclic) bond motifs is 4. The quantitative estimate of drug-likeness (QED) is 0.0501. The predicted molar refractivity (Wildman–Crippen MR) is 368 cm³/mol. The van der Waals surface area contributed by atoms with Crippen molar-refractivity contribution in [1.29, 1.82) is 0 Å². The van der Waals surface area contributed by atoms with Crippen molar-refractivity contribution >= 4 is 60.3 Å². The fourth-order valence-corrected chi connectivity index (χ4v) is 14.9. The topological polar surface area (TPSA) is 64.6 Å². The summed E-state index contributed by atoms with van der Waals surface area (Å²) in [5.41, 5.74) is 5.31. The number of hydrogen-bond acceptors (Lipinski definition) is 7. The fourth-order valence-electron chi connectivity index (χ4n) is 12.8. The molecule has 9 heteroatoms. The van der Waals surface area contributed by atoms with Crippen molar-refractivity contribution in [1.82, 2.24) is 0 Å². The van der Waals surface area contributed by atoms with Crippen LogP contribution in [-0.4, -0.2) is 5.60 Å². The summed E-state index contributed by atoms with van der Waals surface area (Å²) in [5, 5.41) is 8.64. The highest BCUT2D eigenvalue weighted by molar-refractivity contribution is 7.43. The molecule has 452 valence electrons. The Hall–Kier alpha value is -7.30. The standard InChI is InChI=1S/C78H88O7P2/c1-15-43-75(7,8)67-51-68(76(9,10)44-16-2)73(84-86(80-63-39-35-55-27-19-23-31-59(55)47-63)81-64-40-36-56-28-20-24-32-60(56)48-64)71(53(67)5)72-54(6)70(79-78(13,14)46-18-4)52-69(77(11,12)45-17-3)74(72)85-87(82-65-41-37-57-29-21-25-33-61(57)49-65)83-66-42-38-58-30-22-26-34-62(58)50-66/h19-42,47-52H,15-18,43-46H2,1-14H3. The van der Waals surface area contributed by atoms with Crippen molar-refractivity contribution in [3.8, 4) is 51.4 Å². The molecule has 0 amide bonds. The largest absolute Gasteiger partial charge is 0.530 e. The summed E-state index contributed by atoms with van der Waals surface area (Å²) in [6.07, 6.45) is 7.36. The molecule has 0 aliphatic rings. The summed E-state index contributed by atoms with van der Waals surface area (Å²) < 4.78 is 52.1. The Balaban J connectivity index is 1.30. The first-order valence-corrected chi connectivity index (χ1v) is 33.6. The lowest BCUT2D eigenvalue weighted by Crippen LogP contribution is -2.29. The molecule has 0 saturated carbocycles. The first-order chi connectivity index (χ1) is 41.7. The minimum atomic E-state index is -2.27. The lowest BCUT2D eigenvalue weighted by molar-refractivity contribution is 0.0974. The molecule has 10 aromatic rings. The molecule has 0 spiro atoms. The summed E-state index contributed by atoms with van der Waals surface area (Å²) in [6.45, 7) is 32.0. The molecule has 0 saturated heterocycles. The van der Waals surface area contributed by atoms with Gasteiger partial charge in [-0.2, -0.15) is 0 Å². The molecule has 10 rings (SSSR count). The summed E-state index contributed by atoms with van der Waals surface area (Å²) in [4.78, 5) is 0. The number of ether oxygens (including phenoxy) is 1. The normalized spacial score (nSPS) is 12.4. The molecule has 0 aliphatic carbocycles. The first kappa shape index (κ1) is 62.7. The van der Waals surface area contributed by atoms with Crippen molar-refractivity contribution in [2.75, 3.05) is 0 Å². The summed E-state index contributed by atoms with van der Waals surface area (Å²) in [7, 11) is -4.52. The van der Waals surface area contributed by atoms with E-state index < -0.39 is 33.6 Å². The summed E-state index contributed by atoms with van der Waals surface area (Å²) >= 11 is 0. The van der Waals surface area contributed by atoms with Gasteiger partial charge in [-0.25, -0.2) is 0 Å². The van der Waals surface area contributed by atoms with Gasteiger partial charge in [-0.3, -0.25) is 0 Å². The fraction of sp³-hybridized carbons (Fsp3) is 0.333. The molecule has 10 aromatic carbocycles. The Labute approximate surface area is 520 Å². The van der Waals surface area contributed by atoms with E-state index in [9.17, 15) is 0 Å². The van der Waals surface area contributed by atoms with Crippen molar-refractivity contribution in [2.45, 2.75) is 170 Å². The van der Waals surface area contributed by atoms with Crippen LogP contribution in [0.2, 0.25) is 0 Å². The van der Waals surface area contributed by atoms with Crippen LogP contribution in [0.3, 0.4) is 0 Å². The molecular formula is C78H88O7P2. The maximum absolute atomic E-state index is 7.91. The van der Waals surface area contributed by atoms with Crippen LogP contribution in [0.5, 0.6) is 40.2 Å². The molecule has 0 radical (unpaired) electrons. The van der Waals surface area contributed by atoms with Crippen molar-refractivity contribution < 1.29 is 31.9 Å². The Kier molecular flexibility index (Phi) is 19.2. The third-order valence-electron chi connectivity index (χ3n) is 17.3. The highest BCUT2D eigenvalue weighted by Crippen LogP contribution is 2.60. The van der Waals surface area contributed by atoms with Gasteiger partial charge >= 0.3 is 17.2 Å². The van der Waals surface area contributed by atoms with Gasteiger partial charge in [0.25, 0.3) is 0 Å². The maximum Gasteiger partial charge on any atom is 0.530 e. The van der Waals surface area contributed by atoms with Gasteiger partial charge in [0, 0.05) is 27.8 Å². The second kappa shape index (κ2) is 26.6. The Bertz CT molecular complexity index is 3890. The molecule has 0 unspecified atom stereocenters. The molecule has 0 aliphatic heterocycles. The van der Waals surface area contributed by atoms with E-state index in [1.54, 1.807) is 0 Å². The minimum Gasteiger partial charge on any atom is -0.488 e. The van der Waals surface area contributed by atoms with Gasteiger partial charge in [0.05, 0.1) is 0 Å². The number of rotatable bonds is 26. The molecule has 0 heterocycles. The van der Waals surface area contributed by atoms with E-state index in [0.29, 0.717) is 34.5 Å². The van der Waals surface area contributed by atoms with Gasteiger partial charge in [0.15, 0.2) is 0 Å². The van der Waals surface area contributed by atoms with Gasteiger partial charge in [-0.05, 0) is 178 Å². The van der Waals surface area contributed by atoms with Gasteiger partial charge < -0.3 is 31.9 Å². The highest BCUT2D eigenvalue weighted by atomic mass is 31.2. The van der Waals surface area contributed by atoms with E-state index in [-0.39, 0.29) is 5.41 Å². The highest BCUT2D eigenvalue weighted by Gasteiger charge is 2.40. The van der Waals surface area contributed by atoms with Crippen LogP contribution in [0.4, 0.5) is 0 Å². The Morgan fingerprint density at radius 1 is 0.310 bits per heavy atom. The van der Waals surface area contributed by atoms with E-state index in [4.69, 9.17) is 31.9 Å². The lowest BCUT2D eigenvalue weighted by Gasteiger charge is -2.37. The molecule has 0 fully saturated rings. The monoisotopic (exact) mass is 1200 g/mol. The second-order valence-corrected chi connectivity index (χ2v) is 28.1. The van der Waals surface area contributed by atoms with Gasteiger partial charge in [-0.1, -0.05) is 222 Å². The van der Waals surface area contributed by atoms with E-state index >= 15 is 0 Å². The average Bonchev–Trinajstić information content (AvgIpc) is 0.778. The SMILES string of the molecule is CCCC(C)(C)Oc1cc(C(C)(C)CCC)c(OP(Oc2ccc3ccccc3c2)Oc2ccc3ccccc3c2)c(-c2c(C)c(C(C)(C)CCC)cc(C(C)(C)CCC)c2OP(Oc2ccc3ccccc3c2)Oc2ccc3ccccc3c2)c1C. The lowest BCUT2D eigenvalue weighted by atomic mass is 9.70. The van der Waals surface area contributed by atoms with Gasteiger partial charge in [-0.15, -0.1) is 0 Å². The first-order valence-electron chi connectivity index (χ1n) is 31.4. The Morgan fingerprint density at radius 3 is 0.943 bits per heavy atom. The molecule has 0 N–H and O–H groups in total. The van der Waals surface area contributed by atoms with E-state index in [2.05, 4.69) is 255 Å². The third-order valence-corrected chi connectivity index (χ3v) is 19.4. The number of hydrogen-bond donors (Lipinski definition) is 0. The van der Waals surface area contributed by atoms with Crippen LogP contribution in [0, 0.1) is 13.8 Å². The van der Waals surface area contributed by atoms with Crippen LogP contribution in [0.1, 0.15) is 162 Å². The summed E-state index contributed by atoms with van der Waals surface area (Å²) in [5.74, 6) is 4.62. The van der Waals surface area contributed by atoms with Gasteiger partial charge in [0.2, 0.25) is 0 Å². The van der Waals surface area contributed by atoms with Crippen molar-refractivity contribution in [3.63, 3.8) is 0 Å². The zero-order chi connectivity index (χ0) is 61.7. The van der Waals surface area contributed by atoms with E-state index in [1.807, 2.05) is 24.3 Å². The van der Waals surface area contributed by atoms with Crippen LogP contribution in [-0.2, 0) is 16.2 Å². The van der Waals surface area contributed by atoms with Crippen molar-refractivity contribution in [2.24, 2.45) is 0 Å². The van der Waals surface area contributed by atoms with Crippen molar-refractivity contribution in [3.05, 3.63) is 210 Å². The van der Waals surface area contributed by atoms with Crippen LogP contribution >= 0.6 is 17.2 Å². The minimum absolute atomic E-state index is 0.265. The third kappa shape index (κ3) is 14.3. The van der Waals surface area contributed by atoms with Crippen LogP contribution in [0.15, 0.2) is 182 Å². The molecule has 7 nitrogen and oxygen atoms in total. The molecular weight excluding hydrogens is 1110 g/mol. The smallest absolute Gasteiger partial charge is 0.488 e. The molecule has 0 aromatic heterocycles. The van der Waals surface area contributed by atoms with E-state index in [1.165, 1.54) is 5.56 Å². The molecule has 0 atom stereocenters. The zero-order valence-corrected chi connectivity index (χ0v) is 55.5. The number of benzene rings is 10. The van der Waals surface area contributed by atoms with Crippen LogP contribution in [0.25, 0.3) is 54.2 Å². The average molecular weight is 1200 g/mol. The Morgan fingerprint density at radius 2 is 0.609 bits per heavy atom. The van der Waals surface area contributed by atoms with Gasteiger partial charge in [0.1, 0.15) is 45.8 Å². The predicted octanol–water partition coefficient (Wildman–Crippen LogP) is 24.3. The molecule has 87 heavy (non-hydrogen) atoms. The van der Waals surface area contributed by atoms with Crippen LogP contribution < -0.4 is 31.9 Å². The maximum atomic E-state index is 7.91. The summed E-state index contributed by atoms with van der Waals surface area (Å²) in [6, 6.07) is 62.8. The molecule has 0 bridgehead atoms.